The number of amides is 10. The minimum Gasteiger partial charge on any atom is -0.343 e. The molecule has 10 amide bonds. The number of allylic oxidation sites excluding steroid dienone is 2. The smallest absolute Gasteiger partial charge is 0.245 e. The predicted molar refractivity (Wildman–Crippen MR) is 325 cm³/mol. The van der Waals surface area contributed by atoms with E-state index in [1.165, 1.54) is 71.4 Å². The average Bonchev–Trinajstić information content (AvgIpc) is 3.44. The first-order chi connectivity index (χ1) is 38.3. The summed E-state index contributed by atoms with van der Waals surface area (Å²) in [4.78, 5) is 162. The van der Waals surface area contributed by atoms with Crippen LogP contribution in [-0.2, 0) is 52.7 Å². The van der Waals surface area contributed by atoms with Crippen molar-refractivity contribution in [2.75, 3.05) is 62.9 Å². The maximum atomic E-state index is 14.6. The Balaban J connectivity index is 6.47. The summed E-state index contributed by atoms with van der Waals surface area (Å²) in [5.41, 5.74) is 0. The Morgan fingerprint density at radius 3 is 1.34 bits per heavy atom. The van der Waals surface area contributed by atoms with E-state index in [1.54, 1.807) is 60.8 Å². The molecule has 476 valence electrons. The number of hydrogen-bond acceptors (Lipinski definition) is 12. The Bertz CT molecular complexity index is 2180. The molecule has 0 radical (unpaired) electrons. The van der Waals surface area contributed by atoms with Crippen LogP contribution in [0.3, 0.4) is 0 Å². The minimum atomic E-state index is -1.18. The molecule has 0 rings (SSSR count). The van der Waals surface area contributed by atoms with Crippen LogP contribution in [0, 0.1) is 35.5 Å². The molecule has 4 N–H and O–H groups in total. The fraction of sp³-hybridized carbons (Fsp3) is 0.787. The summed E-state index contributed by atoms with van der Waals surface area (Å²) in [6.45, 7) is 28.5. The first kappa shape index (κ1) is 77.1. The summed E-state index contributed by atoms with van der Waals surface area (Å²) >= 11 is 0. The van der Waals surface area contributed by atoms with Gasteiger partial charge < -0.3 is 55.5 Å². The molecule has 0 spiro atoms. The molecular weight excluding hydrogens is 1060 g/mol. The summed E-state index contributed by atoms with van der Waals surface area (Å²) in [6, 6.07) is -9.70. The van der Waals surface area contributed by atoms with Crippen LogP contribution in [0.15, 0.2) is 12.2 Å². The fourth-order valence-electron chi connectivity index (χ4n) is 9.60. The van der Waals surface area contributed by atoms with Gasteiger partial charge in [-0.15, -0.1) is 0 Å². The van der Waals surface area contributed by atoms with Crippen LogP contribution in [0.1, 0.15) is 156 Å². The number of likely N-dealkylation sites (N-methyl/N-ethyl adjacent to an activating group) is 7. The normalized spacial score (nSPS) is 15.7. The predicted octanol–water partition coefficient (Wildman–Crippen LogP) is 3.95. The van der Waals surface area contributed by atoms with Crippen molar-refractivity contribution in [3.8, 4) is 0 Å². The van der Waals surface area contributed by atoms with E-state index in [0.717, 1.165) is 6.29 Å². The molecule has 22 nitrogen and oxygen atoms in total. The van der Waals surface area contributed by atoms with E-state index in [4.69, 9.17) is 0 Å². The molecule has 22 heteroatoms. The van der Waals surface area contributed by atoms with Gasteiger partial charge in [-0.1, -0.05) is 95.2 Å². The van der Waals surface area contributed by atoms with Crippen LogP contribution in [0.25, 0.3) is 0 Å². The van der Waals surface area contributed by atoms with Crippen LogP contribution in [0.4, 0.5) is 0 Å². The maximum Gasteiger partial charge on any atom is 0.245 e. The molecule has 0 heterocycles. The Labute approximate surface area is 498 Å². The Kier molecular flexibility index (Phi) is 34.1. The van der Waals surface area contributed by atoms with Gasteiger partial charge in [0.1, 0.15) is 54.6 Å². The van der Waals surface area contributed by atoms with Crippen molar-refractivity contribution >= 4 is 65.4 Å². The molecule has 83 heavy (non-hydrogen) atoms. The summed E-state index contributed by atoms with van der Waals surface area (Å²) < 4.78 is 0. The van der Waals surface area contributed by atoms with E-state index in [-0.39, 0.29) is 54.8 Å². The lowest BCUT2D eigenvalue weighted by atomic mass is 9.96. The first-order valence-corrected chi connectivity index (χ1v) is 29.8. The second kappa shape index (κ2) is 36.7. The molecule has 11 atom stereocenters. The third-order valence-corrected chi connectivity index (χ3v) is 15.3. The van der Waals surface area contributed by atoms with Gasteiger partial charge in [-0.2, -0.15) is 0 Å². The second-order valence-electron chi connectivity index (χ2n) is 25.2. The van der Waals surface area contributed by atoms with Crippen LogP contribution in [-0.4, -0.2) is 223 Å². The zero-order valence-corrected chi connectivity index (χ0v) is 55.2. The van der Waals surface area contributed by atoms with Gasteiger partial charge in [0, 0.05) is 42.3 Å². The molecule has 0 aliphatic heterocycles. The number of aldehydes is 1. The lowest BCUT2D eigenvalue weighted by molar-refractivity contribution is -0.148. The molecular formula is C61H111N11O11. The van der Waals surface area contributed by atoms with Gasteiger partial charge in [0.2, 0.25) is 59.1 Å². The van der Waals surface area contributed by atoms with Crippen LogP contribution in [0.2, 0.25) is 0 Å². The highest BCUT2D eigenvalue weighted by molar-refractivity contribution is 5.98. The van der Waals surface area contributed by atoms with Crippen LogP contribution >= 0.6 is 0 Å². The molecule has 0 aromatic carbocycles. The number of carbonyl (C=O) groups excluding carboxylic acids is 11. The highest BCUT2D eigenvalue weighted by Crippen LogP contribution is 2.21. The van der Waals surface area contributed by atoms with Gasteiger partial charge in [-0.25, -0.2) is 0 Å². The topological polar surface area (TPSA) is 259 Å². The van der Waals surface area contributed by atoms with Crippen molar-refractivity contribution in [3.05, 3.63) is 12.2 Å². The fourth-order valence-corrected chi connectivity index (χ4v) is 9.60. The largest absolute Gasteiger partial charge is 0.343 e. The van der Waals surface area contributed by atoms with Gasteiger partial charge in [-0.3, -0.25) is 52.8 Å². The minimum absolute atomic E-state index is 0.00291. The molecule has 0 bridgehead atoms. The summed E-state index contributed by atoms with van der Waals surface area (Å²) in [5, 5.41) is 11.1. The van der Waals surface area contributed by atoms with Crippen molar-refractivity contribution in [1.29, 1.82) is 0 Å². The summed E-state index contributed by atoms with van der Waals surface area (Å²) in [5.74, 6) is -5.97. The van der Waals surface area contributed by atoms with Crippen LogP contribution in [0.5, 0.6) is 0 Å². The summed E-state index contributed by atoms with van der Waals surface area (Å²) in [6.07, 6.45) is 6.98. The van der Waals surface area contributed by atoms with Gasteiger partial charge in [0.25, 0.3) is 0 Å². The Morgan fingerprint density at radius 2 is 0.880 bits per heavy atom. The SMILES string of the molecule is C/C=C/C[C@@H](C)C[C@@H](C(=O)N[C@@H](CC)C(=O)N(C)CC(=O)N(C)[C@@H](CC(C)C)C(=O)NC(C(=O)N(C)[C@@H](CC(C)C)C(=O)N[C@@H](C)C(=O)N[C@H](C)C(=O)N(C)[C@@H](CC(C)C)C(=O)N(C)[C@H](C=O)CC(C)C)C(C)C)N(C)C(=O)[C@H](C)N(C)C. The molecule has 0 saturated heterocycles. The van der Waals surface area contributed by atoms with Gasteiger partial charge in [0.15, 0.2) is 0 Å². The third kappa shape index (κ3) is 24.7. The standard InChI is InChI=1S/C61H111N11O11/c1-25-27-28-41(13)33-49(70(22)58(80)44(16)66(17)18)55(77)64-46(26-2)59(81)67(19)34-51(74)69(21)47(30-37(5)6)56(78)65-52(40(11)12)61(83)71(23)48(31-38(7)8)54(76)62-42(14)53(75)63-43(15)57(79)72(24)50(32-39(9)10)60(82)68(20)45(35-73)29-36(3)4/h25,27,35-50,52H,26,28-34H2,1-24H3,(H,62,76)(H,63,75)(H,64,77)(H,65,78)/b27-25+/t41-,42+,43-,44+,45+,46+,47+,48+,49+,50+,52?/m1/s1. The first-order valence-electron chi connectivity index (χ1n) is 29.8. The number of rotatable bonds is 36. The molecule has 0 aromatic rings. The number of carbonyl (C=O) groups is 11. The number of nitrogens with one attached hydrogen (secondary N) is 4. The maximum absolute atomic E-state index is 14.6. The highest BCUT2D eigenvalue weighted by Gasteiger charge is 2.40. The van der Waals surface area contributed by atoms with Crippen molar-refractivity contribution in [2.24, 2.45) is 35.5 Å². The quantitative estimate of drug-likeness (QED) is 0.0514. The lowest BCUT2D eigenvalue weighted by Gasteiger charge is -2.36. The Morgan fingerprint density at radius 1 is 0.446 bits per heavy atom. The molecule has 0 fully saturated rings. The van der Waals surface area contributed by atoms with Gasteiger partial charge in [-0.05, 0) is 122 Å². The number of nitrogens with zero attached hydrogens (tertiary/aromatic N) is 7. The molecule has 0 aromatic heterocycles. The van der Waals surface area contributed by atoms with Crippen molar-refractivity contribution < 1.29 is 52.7 Å². The van der Waals surface area contributed by atoms with Crippen molar-refractivity contribution in [1.82, 2.24) is 55.6 Å². The summed E-state index contributed by atoms with van der Waals surface area (Å²) in [7, 11) is 12.5. The second-order valence-corrected chi connectivity index (χ2v) is 25.2. The zero-order valence-electron chi connectivity index (χ0n) is 55.2. The average molecular weight is 1170 g/mol. The highest BCUT2D eigenvalue weighted by atomic mass is 16.2. The lowest BCUT2D eigenvalue weighted by Crippen LogP contribution is -2.60. The zero-order chi connectivity index (χ0) is 64.7. The third-order valence-electron chi connectivity index (χ3n) is 15.3. The van der Waals surface area contributed by atoms with Crippen LogP contribution < -0.4 is 21.3 Å². The molecule has 0 aliphatic carbocycles. The monoisotopic (exact) mass is 1170 g/mol. The van der Waals surface area contributed by atoms with E-state index in [0.29, 0.717) is 25.7 Å². The van der Waals surface area contributed by atoms with Crippen molar-refractivity contribution in [2.45, 2.75) is 216 Å². The number of hydrogen-bond donors (Lipinski definition) is 4. The molecule has 0 saturated carbocycles. The van der Waals surface area contributed by atoms with Crippen molar-refractivity contribution in [3.63, 3.8) is 0 Å². The van der Waals surface area contributed by atoms with E-state index in [2.05, 4.69) is 21.3 Å². The Hall–Kier alpha value is -5.93. The van der Waals surface area contributed by atoms with E-state index < -0.39 is 126 Å². The van der Waals surface area contributed by atoms with E-state index in [9.17, 15) is 52.7 Å². The van der Waals surface area contributed by atoms with Gasteiger partial charge in [0.05, 0.1) is 18.6 Å². The molecule has 1 unspecified atom stereocenters. The van der Waals surface area contributed by atoms with E-state index >= 15 is 0 Å². The van der Waals surface area contributed by atoms with Gasteiger partial charge >= 0.3 is 0 Å². The molecule has 0 aliphatic rings. The van der Waals surface area contributed by atoms with E-state index in [1.807, 2.05) is 81.4 Å².